The van der Waals surface area contributed by atoms with E-state index in [9.17, 15) is 24.3 Å². The van der Waals surface area contributed by atoms with Crippen molar-refractivity contribution in [3.8, 4) is 0 Å². The number of benzene rings is 2. The molecule has 2 aromatic rings. The molecule has 154 valence electrons. The van der Waals surface area contributed by atoms with Gasteiger partial charge in [0.1, 0.15) is 10.7 Å². The van der Waals surface area contributed by atoms with Crippen molar-refractivity contribution in [1.82, 2.24) is 0 Å². The fourth-order valence-electron chi connectivity index (χ4n) is 2.82. The Morgan fingerprint density at radius 2 is 1.77 bits per heavy atom. The molecule has 3 rings (SSSR count). The topological polar surface area (TPSA) is 116 Å². The average Bonchev–Trinajstić information content (AvgIpc) is 2.91. The Labute approximate surface area is 176 Å². The van der Waals surface area contributed by atoms with Crippen LogP contribution in [0.5, 0.6) is 0 Å². The van der Waals surface area contributed by atoms with Gasteiger partial charge in [0.15, 0.2) is 0 Å². The lowest BCUT2D eigenvalue weighted by atomic mass is 10.1. The molecule has 1 N–H and O–H groups in total. The summed E-state index contributed by atoms with van der Waals surface area (Å²) in [6.45, 7) is 3.35. The number of carboxylic acids is 1. The number of carbonyl (C=O) groups is 4. The highest BCUT2D eigenvalue weighted by Crippen LogP contribution is 2.32. The predicted molar refractivity (Wildman–Crippen MR) is 107 cm³/mol. The molecule has 0 bridgehead atoms. The maximum absolute atomic E-state index is 13.0. The minimum Gasteiger partial charge on any atom is -0.545 e. The third-order valence-electron chi connectivity index (χ3n) is 4.10. The molecule has 1 aliphatic rings. The first-order valence-corrected chi connectivity index (χ1v) is 9.25. The van der Waals surface area contributed by atoms with Crippen LogP contribution >= 0.6 is 11.6 Å². The van der Waals surface area contributed by atoms with E-state index in [1.54, 1.807) is 26.0 Å². The van der Waals surface area contributed by atoms with Gasteiger partial charge in [0.2, 0.25) is 0 Å². The van der Waals surface area contributed by atoms with Crippen LogP contribution < -0.4 is 15.3 Å². The zero-order valence-electron chi connectivity index (χ0n) is 16.0. The molecule has 0 saturated heterocycles. The number of esters is 1. The Balaban J connectivity index is 1.94. The fourth-order valence-corrected chi connectivity index (χ4v) is 3.03. The molecule has 2 amide bonds. The van der Waals surface area contributed by atoms with Crippen molar-refractivity contribution in [3.63, 3.8) is 0 Å². The van der Waals surface area contributed by atoms with Crippen molar-refractivity contribution < 1.29 is 29.0 Å². The number of para-hydroxylation sites is 1. The van der Waals surface area contributed by atoms with Gasteiger partial charge in [-0.1, -0.05) is 35.9 Å². The van der Waals surface area contributed by atoms with Gasteiger partial charge < -0.3 is 20.0 Å². The highest BCUT2D eigenvalue weighted by atomic mass is 35.5. The van der Waals surface area contributed by atoms with E-state index in [2.05, 4.69) is 5.32 Å². The summed E-state index contributed by atoms with van der Waals surface area (Å²) >= 11 is 6.10. The van der Waals surface area contributed by atoms with Crippen molar-refractivity contribution in [2.24, 2.45) is 0 Å². The zero-order chi connectivity index (χ0) is 22.0. The van der Waals surface area contributed by atoms with E-state index >= 15 is 0 Å². The summed E-state index contributed by atoms with van der Waals surface area (Å²) in [6, 6.07) is 11.5. The molecule has 0 radical (unpaired) electrons. The van der Waals surface area contributed by atoms with Gasteiger partial charge in [-0.05, 0) is 43.7 Å². The van der Waals surface area contributed by atoms with Crippen LogP contribution in [-0.4, -0.2) is 29.9 Å². The summed E-state index contributed by atoms with van der Waals surface area (Å²) in [5.74, 6) is -3.72. The first-order chi connectivity index (χ1) is 14.2. The van der Waals surface area contributed by atoms with Crippen LogP contribution in [0.25, 0.3) is 0 Å². The lowest BCUT2D eigenvalue weighted by Gasteiger charge is -2.19. The van der Waals surface area contributed by atoms with Crippen LogP contribution in [0.1, 0.15) is 34.6 Å². The smallest absolute Gasteiger partial charge is 0.340 e. The van der Waals surface area contributed by atoms with E-state index in [-0.39, 0.29) is 28.2 Å². The third-order valence-corrected chi connectivity index (χ3v) is 4.45. The van der Waals surface area contributed by atoms with Crippen LogP contribution in [-0.2, 0) is 14.3 Å². The lowest BCUT2D eigenvalue weighted by molar-refractivity contribution is -0.255. The van der Waals surface area contributed by atoms with Gasteiger partial charge in [-0.2, -0.15) is 0 Å². The molecule has 0 aliphatic carbocycles. The number of carboxylic acid groups (broad SMARTS) is 1. The lowest BCUT2D eigenvalue weighted by Crippen LogP contribution is -2.34. The van der Waals surface area contributed by atoms with Crippen molar-refractivity contribution in [3.05, 3.63) is 70.4 Å². The molecule has 2 aromatic carbocycles. The maximum atomic E-state index is 13.0. The van der Waals surface area contributed by atoms with E-state index in [4.69, 9.17) is 16.3 Å². The van der Waals surface area contributed by atoms with Crippen molar-refractivity contribution >= 4 is 46.7 Å². The highest BCUT2D eigenvalue weighted by molar-refractivity contribution is 6.53. The molecule has 0 fully saturated rings. The number of amides is 2. The van der Waals surface area contributed by atoms with Gasteiger partial charge in [-0.15, -0.1) is 0 Å². The highest BCUT2D eigenvalue weighted by Gasteiger charge is 2.40. The largest absolute Gasteiger partial charge is 0.545 e. The van der Waals surface area contributed by atoms with Crippen LogP contribution in [0.3, 0.4) is 0 Å². The van der Waals surface area contributed by atoms with Crippen molar-refractivity contribution in [2.75, 3.05) is 10.2 Å². The average molecular weight is 428 g/mol. The Kier molecular flexibility index (Phi) is 5.89. The van der Waals surface area contributed by atoms with Gasteiger partial charge in [0.05, 0.1) is 23.3 Å². The molecular formula is C21H16ClN2O6-. The third kappa shape index (κ3) is 4.04. The summed E-state index contributed by atoms with van der Waals surface area (Å²) in [4.78, 5) is 49.9. The summed E-state index contributed by atoms with van der Waals surface area (Å²) < 4.78 is 5.18. The minimum absolute atomic E-state index is 0.0246. The Morgan fingerprint density at radius 3 is 2.43 bits per heavy atom. The molecule has 0 unspecified atom stereocenters. The summed E-state index contributed by atoms with van der Waals surface area (Å²) in [6.07, 6.45) is -0.398. The van der Waals surface area contributed by atoms with Gasteiger partial charge >= 0.3 is 5.97 Å². The number of nitrogens with one attached hydrogen (secondary N) is 1. The number of hydrogen-bond donors (Lipinski definition) is 1. The molecule has 8 nitrogen and oxygen atoms in total. The Bertz CT molecular complexity index is 1090. The summed E-state index contributed by atoms with van der Waals surface area (Å²) in [5.41, 5.74) is -0.0918. The quantitative estimate of drug-likeness (QED) is 0.554. The number of nitrogens with zero attached hydrogens (tertiary/aromatic N) is 1. The number of hydrogen-bond acceptors (Lipinski definition) is 7. The Morgan fingerprint density at radius 1 is 1.07 bits per heavy atom. The SMILES string of the molecule is CC(C)OC(=O)c1ccccc1N1C(=O)C(Cl)=C(Nc2cccc(C(=O)[O-])c2)C1=O. The van der Waals surface area contributed by atoms with Gasteiger partial charge in [-0.3, -0.25) is 9.59 Å². The number of anilines is 2. The molecule has 0 spiro atoms. The molecule has 1 aliphatic heterocycles. The molecule has 30 heavy (non-hydrogen) atoms. The van der Waals surface area contributed by atoms with E-state index in [0.29, 0.717) is 0 Å². The molecule has 9 heteroatoms. The van der Waals surface area contributed by atoms with E-state index in [0.717, 1.165) is 4.90 Å². The first kappa shape index (κ1) is 21.1. The normalized spacial score (nSPS) is 13.8. The van der Waals surface area contributed by atoms with E-state index < -0.39 is 34.9 Å². The summed E-state index contributed by atoms with van der Waals surface area (Å²) in [5, 5.41) is 13.3. The van der Waals surface area contributed by atoms with Crippen LogP contribution in [0, 0.1) is 0 Å². The number of rotatable bonds is 6. The van der Waals surface area contributed by atoms with Gasteiger partial charge in [0.25, 0.3) is 11.8 Å². The van der Waals surface area contributed by atoms with Crippen molar-refractivity contribution in [1.29, 1.82) is 0 Å². The number of imide groups is 1. The predicted octanol–water partition coefficient (Wildman–Crippen LogP) is 2.05. The zero-order valence-corrected chi connectivity index (χ0v) is 16.7. The van der Waals surface area contributed by atoms with Gasteiger partial charge in [-0.25, -0.2) is 9.69 Å². The second-order valence-electron chi connectivity index (χ2n) is 6.60. The van der Waals surface area contributed by atoms with E-state index in [1.807, 2.05) is 0 Å². The molecule has 1 heterocycles. The van der Waals surface area contributed by atoms with Crippen LogP contribution in [0.15, 0.2) is 59.3 Å². The fraction of sp³-hybridized carbons (Fsp3) is 0.143. The standard InChI is InChI=1S/C21H17ClN2O6/c1-11(2)30-21(29)14-8-3-4-9-15(14)24-18(25)16(22)17(19(24)26)23-13-7-5-6-12(10-13)20(27)28/h3-11,23H,1-2H3,(H,27,28)/p-1. The number of ether oxygens (including phenoxy) is 1. The monoisotopic (exact) mass is 427 g/mol. The molecule has 0 aromatic heterocycles. The number of aromatic carboxylic acids is 1. The second kappa shape index (κ2) is 8.38. The Hall–Kier alpha value is -3.65. The first-order valence-electron chi connectivity index (χ1n) is 8.87. The summed E-state index contributed by atoms with van der Waals surface area (Å²) in [7, 11) is 0. The van der Waals surface area contributed by atoms with E-state index in [1.165, 1.54) is 36.4 Å². The minimum atomic E-state index is -1.40. The van der Waals surface area contributed by atoms with Crippen LogP contribution in [0.2, 0.25) is 0 Å². The molecule has 0 saturated carbocycles. The number of halogens is 1. The molecule has 0 atom stereocenters. The van der Waals surface area contributed by atoms with Crippen molar-refractivity contribution in [2.45, 2.75) is 20.0 Å². The maximum Gasteiger partial charge on any atom is 0.340 e. The number of carbonyl (C=O) groups excluding carboxylic acids is 4. The molecular weight excluding hydrogens is 412 g/mol. The van der Waals surface area contributed by atoms with Gasteiger partial charge in [0, 0.05) is 5.69 Å². The second-order valence-corrected chi connectivity index (χ2v) is 6.98. The van der Waals surface area contributed by atoms with Crippen LogP contribution in [0.4, 0.5) is 11.4 Å².